The first-order chi connectivity index (χ1) is 14.0. The van der Waals surface area contributed by atoms with Crippen LogP contribution in [-0.2, 0) is 21.8 Å². The van der Waals surface area contributed by atoms with Gasteiger partial charge in [0.05, 0.1) is 10.5 Å². The number of aliphatic hydroxyl groups is 1. The third kappa shape index (κ3) is 5.08. The Morgan fingerprint density at radius 3 is 2.03 bits per heavy atom. The van der Waals surface area contributed by atoms with Crippen molar-refractivity contribution in [2.24, 2.45) is 0 Å². The molecule has 1 atom stereocenters. The fourth-order valence-corrected chi connectivity index (χ4v) is 4.09. The van der Waals surface area contributed by atoms with Gasteiger partial charge in [-0.2, -0.15) is 13.2 Å². The first-order valence-corrected chi connectivity index (χ1v) is 10.5. The summed E-state index contributed by atoms with van der Waals surface area (Å²) in [5, 5.41) is 10.7. The molecule has 3 aromatic rings. The molecular formula is C22H20F3NO3S. The number of hydrogen-bond donors (Lipinski definition) is 2. The van der Waals surface area contributed by atoms with Crippen LogP contribution in [0.4, 0.5) is 13.2 Å². The zero-order valence-corrected chi connectivity index (χ0v) is 16.8. The number of sulfonamides is 1. The molecule has 0 aliphatic rings. The highest BCUT2D eigenvalue weighted by molar-refractivity contribution is 7.89. The molecule has 0 aliphatic heterocycles. The lowest BCUT2D eigenvalue weighted by Gasteiger charge is -2.24. The molecule has 0 radical (unpaired) electrons. The molecule has 0 fully saturated rings. The molecule has 0 heterocycles. The summed E-state index contributed by atoms with van der Waals surface area (Å²) >= 11 is 0. The van der Waals surface area contributed by atoms with Crippen LogP contribution in [0.3, 0.4) is 0 Å². The number of benzene rings is 3. The minimum atomic E-state index is -4.66. The van der Waals surface area contributed by atoms with Crippen molar-refractivity contribution in [3.05, 3.63) is 90.0 Å². The Morgan fingerprint density at radius 1 is 0.833 bits per heavy atom. The number of alkyl halides is 3. The van der Waals surface area contributed by atoms with Gasteiger partial charge in [-0.05, 0) is 41.8 Å². The van der Waals surface area contributed by atoms with Crippen molar-refractivity contribution in [2.45, 2.75) is 23.6 Å². The lowest BCUT2D eigenvalue weighted by molar-refractivity contribution is -0.137. The Kier molecular flexibility index (Phi) is 6.03. The summed E-state index contributed by atoms with van der Waals surface area (Å²) in [7, 11) is -4.25. The van der Waals surface area contributed by atoms with E-state index in [1.807, 2.05) is 30.3 Å². The van der Waals surface area contributed by atoms with Gasteiger partial charge in [-0.1, -0.05) is 60.7 Å². The molecule has 0 spiro atoms. The van der Waals surface area contributed by atoms with Crippen molar-refractivity contribution in [3.63, 3.8) is 0 Å². The molecule has 0 aliphatic carbocycles. The zero-order valence-electron chi connectivity index (χ0n) is 16.0. The van der Waals surface area contributed by atoms with E-state index in [2.05, 4.69) is 4.72 Å². The van der Waals surface area contributed by atoms with E-state index in [0.29, 0.717) is 11.6 Å². The van der Waals surface area contributed by atoms with Gasteiger partial charge in [0.15, 0.2) is 0 Å². The summed E-state index contributed by atoms with van der Waals surface area (Å²) in [6, 6.07) is 20.0. The summed E-state index contributed by atoms with van der Waals surface area (Å²) in [5.74, 6) is 0. The van der Waals surface area contributed by atoms with Crippen LogP contribution in [-0.4, -0.2) is 20.1 Å². The van der Waals surface area contributed by atoms with Crippen LogP contribution >= 0.6 is 0 Å². The van der Waals surface area contributed by atoms with E-state index in [-0.39, 0.29) is 0 Å². The first-order valence-electron chi connectivity index (χ1n) is 9.04. The van der Waals surface area contributed by atoms with Crippen molar-refractivity contribution in [1.29, 1.82) is 0 Å². The lowest BCUT2D eigenvalue weighted by atomic mass is 9.94. The van der Waals surface area contributed by atoms with E-state index >= 15 is 0 Å². The van der Waals surface area contributed by atoms with E-state index in [9.17, 15) is 26.7 Å². The van der Waals surface area contributed by atoms with Crippen molar-refractivity contribution >= 4 is 10.0 Å². The van der Waals surface area contributed by atoms with Gasteiger partial charge in [-0.3, -0.25) is 0 Å². The molecule has 3 rings (SSSR count). The average molecular weight is 435 g/mol. The Bertz CT molecular complexity index is 1110. The monoisotopic (exact) mass is 435 g/mol. The molecule has 0 aromatic heterocycles. The highest BCUT2D eigenvalue weighted by Gasteiger charge is 2.32. The van der Waals surface area contributed by atoms with Crippen LogP contribution < -0.4 is 4.72 Å². The summed E-state index contributed by atoms with van der Waals surface area (Å²) in [4.78, 5) is -0.521. The van der Waals surface area contributed by atoms with E-state index < -0.39 is 38.8 Å². The second-order valence-corrected chi connectivity index (χ2v) is 8.83. The molecule has 1 unspecified atom stereocenters. The van der Waals surface area contributed by atoms with Crippen molar-refractivity contribution in [1.82, 2.24) is 4.72 Å². The normalized spacial score (nSPS) is 14.3. The molecule has 0 saturated heterocycles. The molecule has 2 N–H and O–H groups in total. The highest BCUT2D eigenvalue weighted by atomic mass is 32.2. The topological polar surface area (TPSA) is 66.4 Å². The standard InChI is InChI=1S/C22H20F3NO3S/c1-21(27,18-12-10-17(11-13-18)16-6-3-2-4-7-16)15-26-30(28,29)20-9-5-8-19(14-20)22(23,24)25/h2-14,26-27H,15H2,1H3. The SMILES string of the molecule is CC(O)(CNS(=O)(=O)c1cccc(C(F)(F)F)c1)c1ccc(-c2ccccc2)cc1. The smallest absolute Gasteiger partial charge is 0.384 e. The predicted octanol–water partition coefficient (Wildman–Crippen LogP) is 4.56. The number of halogens is 3. The largest absolute Gasteiger partial charge is 0.416 e. The van der Waals surface area contributed by atoms with E-state index in [0.717, 1.165) is 29.3 Å². The van der Waals surface area contributed by atoms with E-state index in [4.69, 9.17) is 0 Å². The Morgan fingerprint density at radius 2 is 1.43 bits per heavy atom. The van der Waals surface area contributed by atoms with Gasteiger partial charge >= 0.3 is 6.18 Å². The van der Waals surface area contributed by atoms with Crippen LogP contribution in [0.1, 0.15) is 18.1 Å². The van der Waals surface area contributed by atoms with Gasteiger partial charge in [0, 0.05) is 6.54 Å². The summed E-state index contributed by atoms with van der Waals surface area (Å²) in [6.45, 7) is 1.02. The molecule has 8 heteroatoms. The maximum Gasteiger partial charge on any atom is 0.416 e. The molecule has 3 aromatic carbocycles. The fourth-order valence-electron chi connectivity index (χ4n) is 2.91. The van der Waals surface area contributed by atoms with Gasteiger partial charge < -0.3 is 5.11 Å². The van der Waals surface area contributed by atoms with Crippen LogP contribution in [0.5, 0.6) is 0 Å². The molecule has 0 amide bonds. The summed E-state index contributed by atoms with van der Waals surface area (Å²) < 4.78 is 65.6. The van der Waals surface area contributed by atoms with Crippen molar-refractivity contribution < 1.29 is 26.7 Å². The Hall–Kier alpha value is -2.68. The molecule has 0 saturated carbocycles. The van der Waals surface area contributed by atoms with Gasteiger partial charge in [0.25, 0.3) is 0 Å². The maximum absolute atomic E-state index is 12.9. The first kappa shape index (κ1) is 22.0. The maximum atomic E-state index is 12.9. The summed E-state index contributed by atoms with van der Waals surface area (Å²) in [6.07, 6.45) is -4.66. The average Bonchev–Trinajstić information content (AvgIpc) is 2.73. The zero-order chi connectivity index (χ0) is 22.0. The van der Waals surface area contributed by atoms with Crippen molar-refractivity contribution in [2.75, 3.05) is 6.54 Å². The van der Waals surface area contributed by atoms with Crippen LogP contribution in [0.2, 0.25) is 0 Å². The predicted molar refractivity (Wildman–Crippen MR) is 108 cm³/mol. The van der Waals surface area contributed by atoms with E-state index in [1.165, 1.54) is 6.92 Å². The van der Waals surface area contributed by atoms with Gasteiger partial charge in [-0.15, -0.1) is 0 Å². The number of rotatable bonds is 6. The minimum Gasteiger partial charge on any atom is -0.384 e. The molecule has 30 heavy (non-hydrogen) atoms. The fraction of sp³-hybridized carbons (Fsp3) is 0.182. The number of hydrogen-bond acceptors (Lipinski definition) is 3. The summed E-state index contributed by atoms with van der Waals surface area (Å²) in [5.41, 5.74) is -0.236. The van der Waals surface area contributed by atoms with Gasteiger partial charge in [0.1, 0.15) is 5.60 Å². The molecular weight excluding hydrogens is 415 g/mol. The number of nitrogens with one attached hydrogen (secondary N) is 1. The third-order valence-corrected chi connectivity index (χ3v) is 6.09. The molecule has 158 valence electrons. The molecule has 0 bridgehead atoms. The van der Waals surface area contributed by atoms with Crippen LogP contribution in [0.25, 0.3) is 11.1 Å². The quantitative estimate of drug-likeness (QED) is 0.597. The van der Waals surface area contributed by atoms with Crippen LogP contribution in [0.15, 0.2) is 83.8 Å². The minimum absolute atomic E-state index is 0.406. The second kappa shape index (κ2) is 8.22. The Balaban J connectivity index is 1.75. The second-order valence-electron chi connectivity index (χ2n) is 7.07. The van der Waals surface area contributed by atoms with Crippen LogP contribution in [0, 0.1) is 0 Å². The molecule has 4 nitrogen and oxygen atoms in total. The highest BCUT2D eigenvalue weighted by Crippen LogP contribution is 2.31. The van der Waals surface area contributed by atoms with E-state index in [1.54, 1.807) is 24.3 Å². The van der Waals surface area contributed by atoms with Gasteiger partial charge in [0.2, 0.25) is 10.0 Å². The Labute approximate surface area is 173 Å². The third-order valence-electron chi connectivity index (χ3n) is 4.69. The van der Waals surface area contributed by atoms with Gasteiger partial charge in [-0.25, -0.2) is 13.1 Å². The van der Waals surface area contributed by atoms with Crippen molar-refractivity contribution in [3.8, 4) is 11.1 Å². The lowest BCUT2D eigenvalue weighted by Crippen LogP contribution is -2.38.